The lowest BCUT2D eigenvalue weighted by Gasteiger charge is -2.09. The normalized spacial score (nSPS) is 10.5. The van der Waals surface area contributed by atoms with E-state index in [9.17, 15) is 14.9 Å². The van der Waals surface area contributed by atoms with E-state index >= 15 is 0 Å². The highest BCUT2D eigenvalue weighted by Gasteiger charge is 2.13. The third kappa shape index (κ3) is 5.57. The quantitative estimate of drug-likeness (QED) is 0.430. The average Bonchev–Trinajstić information content (AvgIpc) is 2.60. The highest BCUT2D eigenvalue weighted by molar-refractivity contribution is 9.10. The maximum absolute atomic E-state index is 11.8. The molecule has 9 heteroatoms. The minimum atomic E-state index is -0.548. The fourth-order valence-corrected chi connectivity index (χ4v) is 2.09. The van der Waals surface area contributed by atoms with E-state index in [0.29, 0.717) is 5.69 Å². The number of oxime groups is 1. The molecule has 2 aromatic rings. The van der Waals surface area contributed by atoms with E-state index in [4.69, 9.17) is 9.57 Å². The summed E-state index contributed by atoms with van der Waals surface area (Å²) in [6.07, 6.45) is 1.48. The first-order valence-electron chi connectivity index (χ1n) is 7.03. The molecule has 0 saturated carbocycles. The lowest BCUT2D eigenvalue weighted by molar-refractivity contribution is -0.384. The molecule has 0 radical (unpaired) electrons. The highest BCUT2D eigenvalue weighted by atomic mass is 79.9. The third-order valence-corrected chi connectivity index (χ3v) is 3.54. The average molecular weight is 408 g/mol. The molecular weight excluding hydrogens is 394 g/mol. The first-order chi connectivity index (χ1) is 12.0. The van der Waals surface area contributed by atoms with Gasteiger partial charge in [-0.05, 0) is 23.8 Å². The number of nitro groups is 1. The number of amides is 1. The lowest BCUT2D eigenvalue weighted by atomic mass is 10.2. The van der Waals surface area contributed by atoms with E-state index in [1.807, 2.05) is 24.3 Å². The van der Waals surface area contributed by atoms with Gasteiger partial charge < -0.3 is 14.9 Å². The van der Waals surface area contributed by atoms with Gasteiger partial charge in [0.25, 0.3) is 11.6 Å². The number of nitrogens with one attached hydrogen (secondary N) is 1. The number of anilines is 1. The second-order valence-electron chi connectivity index (χ2n) is 4.75. The van der Waals surface area contributed by atoms with E-state index in [1.165, 1.54) is 31.5 Å². The summed E-state index contributed by atoms with van der Waals surface area (Å²) in [5.41, 5.74) is 0.990. The molecule has 2 aromatic carbocycles. The fourth-order valence-electron chi connectivity index (χ4n) is 1.83. The van der Waals surface area contributed by atoms with Crippen LogP contribution in [-0.2, 0) is 9.63 Å². The number of benzene rings is 2. The highest BCUT2D eigenvalue weighted by Crippen LogP contribution is 2.28. The van der Waals surface area contributed by atoms with Gasteiger partial charge in [-0.3, -0.25) is 14.9 Å². The summed E-state index contributed by atoms with van der Waals surface area (Å²) in [5.74, 6) is -0.291. The number of carbonyl (C=O) groups excluding carboxylic acids is 1. The molecule has 0 aliphatic rings. The smallest absolute Gasteiger partial charge is 0.273 e. The van der Waals surface area contributed by atoms with E-state index in [2.05, 4.69) is 26.4 Å². The lowest BCUT2D eigenvalue weighted by Crippen LogP contribution is -2.17. The third-order valence-electron chi connectivity index (χ3n) is 3.01. The molecule has 1 amide bonds. The summed E-state index contributed by atoms with van der Waals surface area (Å²) < 4.78 is 5.98. The maximum atomic E-state index is 11.8. The van der Waals surface area contributed by atoms with Crippen molar-refractivity contribution in [3.8, 4) is 5.75 Å². The number of non-ortho nitro benzene ring substituents is 1. The molecule has 25 heavy (non-hydrogen) atoms. The summed E-state index contributed by atoms with van der Waals surface area (Å²) in [6.45, 7) is -0.312. The van der Waals surface area contributed by atoms with E-state index in [0.717, 1.165) is 10.0 Å². The van der Waals surface area contributed by atoms with Crippen LogP contribution in [0.25, 0.3) is 0 Å². The number of carbonyl (C=O) groups is 1. The zero-order valence-electron chi connectivity index (χ0n) is 13.1. The Morgan fingerprint density at radius 3 is 2.68 bits per heavy atom. The Kier molecular flexibility index (Phi) is 6.47. The van der Waals surface area contributed by atoms with Gasteiger partial charge in [-0.1, -0.05) is 33.2 Å². The Balaban J connectivity index is 1.89. The van der Waals surface area contributed by atoms with E-state index in [1.54, 1.807) is 0 Å². The van der Waals surface area contributed by atoms with Gasteiger partial charge in [0.15, 0.2) is 6.61 Å². The van der Waals surface area contributed by atoms with Crippen LogP contribution in [0.2, 0.25) is 0 Å². The molecule has 0 fully saturated rings. The van der Waals surface area contributed by atoms with Crippen LogP contribution in [0.4, 0.5) is 11.4 Å². The molecule has 0 spiro atoms. The van der Waals surface area contributed by atoms with Crippen molar-refractivity contribution >= 4 is 39.4 Å². The first kappa shape index (κ1) is 18.4. The summed E-state index contributed by atoms with van der Waals surface area (Å²) in [5, 5.41) is 17.0. The van der Waals surface area contributed by atoms with Gasteiger partial charge in [-0.2, -0.15) is 0 Å². The zero-order chi connectivity index (χ0) is 18.2. The van der Waals surface area contributed by atoms with Gasteiger partial charge in [0.05, 0.1) is 30.0 Å². The van der Waals surface area contributed by atoms with Crippen LogP contribution in [0.1, 0.15) is 5.56 Å². The Hall–Kier alpha value is -2.94. The van der Waals surface area contributed by atoms with Crippen LogP contribution >= 0.6 is 15.9 Å². The van der Waals surface area contributed by atoms with Gasteiger partial charge in [0, 0.05) is 10.5 Å². The molecule has 0 aromatic heterocycles. The predicted molar refractivity (Wildman–Crippen MR) is 96.0 cm³/mol. The number of nitro benzene ring substituents is 1. The number of nitrogens with zero attached hydrogens (tertiary/aromatic N) is 2. The molecule has 1 N–H and O–H groups in total. The van der Waals surface area contributed by atoms with Crippen molar-refractivity contribution in [3.63, 3.8) is 0 Å². The van der Waals surface area contributed by atoms with Gasteiger partial charge in [-0.15, -0.1) is 0 Å². The van der Waals surface area contributed by atoms with Crippen LogP contribution in [0.3, 0.4) is 0 Å². The Labute approximate surface area is 151 Å². The first-order valence-corrected chi connectivity index (χ1v) is 7.82. The number of ether oxygens (including phenoxy) is 1. The van der Waals surface area contributed by atoms with Crippen molar-refractivity contribution < 1.29 is 19.3 Å². The second kappa shape index (κ2) is 8.78. The Bertz CT molecular complexity index is 793. The van der Waals surface area contributed by atoms with Gasteiger partial charge in [0.1, 0.15) is 5.75 Å². The second-order valence-corrected chi connectivity index (χ2v) is 5.67. The molecule has 130 valence electrons. The molecule has 0 atom stereocenters. The van der Waals surface area contributed by atoms with E-state index in [-0.39, 0.29) is 18.0 Å². The van der Waals surface area contributed by atoms with Crippen LogP contribution in [-0.4, -0.2) is 30.8 Å². The van der Waals surface area contributed by atoms with Crippen LogP contribution < -0.4 is 10.1 Å². The van der Waals surface area contributed by atoms with Crippen molar-refractivity contribution in [2.45, 2.75) is 0 Å². The number of hydrogen-bond donors (Lipinski definition) is 1. The standard InChI is InChI=1S/C16H14BrN3O5/c1-24-15-8-13(20(22)23)6-7-14(15)19-16(21)10-25-18-9-11-2-4-12(17)5-3-11/h2-9H,10H2,1H3,(H,19,21)/b18-9-. The van der Waals surface area contributed by atoms with Crippen molar-refractivity contribution in [2.75, 3.05) is 19.0 Å². The molecule has 8 nitrogen and oxygen atoms in total. The molecule has 0 bridgehead atoms. The predicted octanol–water partition coefficient (Wildman–Crippen LogP) is 3.36. The summed E-state index contributed by atoms with van der Waals surface area (Å²) >= 11 is 3.33. The summed E-state index contributed by atoms with van der Waals surface area (Å²) in [7, 11) is 1.35. The number of halogens is 1. The monoisotopic (exact) mass is 407 g/mol. The number of rotatable bonds is 7. The largest absolute Gasteiger partial charge is 0.494 e. The topological polar surface area (TPSA) is 103 Å². The van der Waals surface area contributed by atoms with Crippen LogP contribution in [0, 0.1) is 10.1 Å². The Morgan fingerprint density at radius 1 is 1.32 bits per heavy atom. The van der Waals surface area contributed by atoms with Gasteiger partial charge in [-0.25, -0.2) is 0 Å². The molecule has 0 unspecified atom stereocenters. The molecule has 0 heterocycles. The SMILES string of the molecule is COc1cc([N+](=O)[O-])ccc1NC(=O)CO/N=C\c1ccc(Br)cc1. The molecule has 0 saturated heterocycles. The number of methoxy groups -OCH3 is 1. The van der Waals surface area contributed by atoms with Gasteiger partial charge >= 0.3 is 0 Å². The summed E-state index contributed by atoms with van der Waals surface area (Å²) in [6, 6.07) is 11.3. The molecular formula is C16H14BrN3O5. The fraction of sp³-hybridized carbons (Fsp3) is 0.125. The van der Waals surface area contributed by atoms with Crippen LogP contribution in [0.15, 0.2) is 52.1 Å². The minimum absolute atomic E-state index is 0.134. The minimum Gasteiger partial charge on any atom is -0.494 e. The number of hydrogen-bond acceptors (Lipinski definition) is 6. The van der Waals surface area contributed by atoms with Crippen molar-refractivity contribution in [1.82, 2.24) is 0 Å². The zero-order valence-corrected chi connectivity index (χ0v) is 14.7. The van der Waals surface area contributed by atoms with Crippen LogP contribution in [0.5, 0.6) is 5.75 Å². The molecule has 0 aliphatic carbocycles. The van der Waals surface area contributed by atoms with Gasteiger partial charge in [0.2, 0.25) is 0 Å². The summed E-state index contributed by atoms with van der Waals surface area (Å²) in [4.78, 5) is 27.0. The van der Waals surface area contributed by atoms with Crippen molar-refractivity contribution in [1.29, 1.82) is 0 Å². The Morgan fingerprint density at radius 2 is 2.04 bits per heavy atom. The maximum Gasteiger partial charge on any atom is 0.273 e. The van der Waals surface area contributed by atoms with Crippen molar-refractivity contribution in [2.24, 2.45) is 5.16 Å². The molecule has 2 rings (SSSR count). The van der Waals surface area contributed by atoms with Crippen molar-refractivity contribution in [3.05, 3.63) is 62.6 Å². The van der Waals surface area contributed by atoms with E-state index < -0.39 is 10.8 Å². The molecule has 0 aliphatic heterocycles.